The Morgan fingerprint density at radius 2 is 1.79 bits per heavy atom. The molecule has 0 bridgehead atoms. The second kappa shape index (κ2) is 8.34. The summed E-state index contributed by atoms with van der Waals surface area (Å²) in [6.07, 6.45) is 3.90. The fraction of sp³-hybridized carbons (Fsp3) is 0.333. The Morgan fingerprint density at radius 1 is 1.03 bits per heavy atom. The third-order valence-corrected chi connectivity index (χ3v) is 7.00. The molecule has 0 atom stereocenters. The summed E-state index contributed by atoms with van der Waals surface area (Å²) in [5.74, 6) is -0.284. The maximum atomic E-state index is 13.0. The van der Waals surface area contributed by atoms with Crippen LogP contribution in [0.15, 0.2) is 57.9 Å². The van der Waals surface area contributed by atoms with Crippen molar-refractivity contribution in [2.24, 2.45) is 0 Å². The summed E-state index contributed by atoms with van der Waals surface area (Å²) in [7, 11) is -3.57. The molecule has 0 spiro atoms. The maximum Gasteiger partial charge on any atom is 0.243 e. The van der Waals surface area contributed by atoms with Crippen molar-refractivity contribution < 1.29 is 17.7 Å². The van der Waals surface area contributed by atoms with Gasteiger partial charge in [-0.1, -0.05) is 36.2 Å². The van der Waals surface area contributed by atoms with Crippen LogP contribution >= 0.6 is 0 Å². The van der Waals surface area contributed by atoms with Gasteiger partial charge < -0.3 is 9.84 Å². The Morgan fingerprint density at radius 3 is 2.59 bits per heavy atom. The van der Waals surface area contributed by atoms with Gasteiger partial charge >= 0.3 is 0 Å². The minimum atomic E-state index is -3.57. The van der Waals surface area contributed by atoms with Gasteiger partial charge in [0.25, 0.3) is 0 Å². The van der Waals surface area contributed by atoms with Gasteiger partial charge in [0.15, 0.2) is 5.58 Å². The number of fused-ring (bicyclic) bond motifs is 1. The highest BCUT2D eigenvalue weighted by Crippen LogP contribution is 2.23. The van der Waals surface area contributed by atoms with Crippen LogP contribution in [-0.4, -0.2) is 36.9 Å². The zero-order valence-electron chi connectivity index (χ0n) is 16.0. The number of carbonyl (C=O) groups is 1. The number of anilines is 1. The van der Waals surface area contributed by atoms with Crippen molar-refractivity contribution >= 4 is 32.6 Å². The fourth-order valence-corrected chi connectivity index (χ4v) is 5.15. The van der Waals surface area contributed by atoms with E-state index in [9.17, 15) is 13.2 Å². The van der Waals surface area contributed by atoms with Crippen molar-refractivity contribution in [2.45, 2.75) is 37.0 Å². The third-order valence-electron chi connectivity index (χ3n) is 5.10. The Balaban J connectivity index is 1.49. The summed E-state index contributed by atoms with van der Waals surface area (Å²) in [4.78, 5) is 12.7. The lowest BCUT2D eigenvalue weighted by Gasteiger charge is -2.20. The lowest BCUT2D eigenvalue weighted by atomic mass is 10.1. The first-order chi connectivity index (χ1) is 14.0. The molecule has 1 aliphatic rings. The predicted molar refractivity (Wildman–Crippen MR) is 110 cm³/mol. The van der Waals surface area contributed by atoms with Crippen molar-refractivity contribution in [3.63, 3.8) is 0 Å². The standard InChI is InChI=1S/C21H23N3O4S/c25-21(15-19-18-10-3-4-11-20(18)28-23-19)22-16-8-7-9-17(14-16)29(26,27)24-12-5-1-2-6-13-24/h3-4,7-11,14H,1-2,5-6,12-13,15H2,(H,22,25). The van der Waals surface area contributed by atoms with E-state index in [0.29, 0.717) is 30.1 Å². The van der Waals surface area contributed by atoms with E-state index in [1.54, 1.807) is 28.6 Å². The molecule has 1 amide bonds. The number of nitrogens with one attached hydrogen (secondary N) is 1. The number of sulfonamides is 1. The molecular formula is C21H23N3O4S. The minimum absolute atomic E-state index is 0.0418. The quantitative estimate of drug-likeness (QED) is 0.690. The highest BCUT2D eigenvalue weighted by Gasteiger charge is 2.25. The largest absolute Gasteiger partial charge is 0.356 e. The molecule has 3 aromatic rings. The molecule has 2 aromatic carbocycles. The van der Waals surface area contributed by atoms with Crippen LogP contribution in [0.25, 0.3) is 11.0 Å². The molecule has 0 unspecified atom stereocenters. The molecule has 7 nitrogen and oxygen atoms in total. The first-order valence-corrected chi connectivity index (χ1v) is 11.2. The monoisotopic (exact) mass is 413 g/mol. The van der Waals surface area contributed by atoms with E-state index in [1.165, 1.54) is 6.07 Å². The summed E-state index contributed by atoms with van der Waals surface area (Å²) in [6.45, 7) is 1.08. The average molecular weight is 413 g/mol. The Kier molecular flexibility index (Phi) is 5.64. The van der Waals surface area contributed by atoms with Gasteiger partial charge in [-0.05, 0) is 43.2 Å². The molecule has 1 fully saturated rings. The number of hydrogen-bond donors (Lipinski definition) is 1. The zero-order valence-corrected chi connectivity index (χ0v) is 16.8. The zero-order chi connectivity index (χ0) is 20.3. The number of para-hydroxylation sites is 1. The molecule has 1 saturated heterocycles. The fourth-order valence-electron chi connectivity index (χ4n) is 3.59. The molecule has 4 rings (SSSR count). The van der Waals surface area contributed by atoms with E-state index in [-0.39, 0.29) is 17.2 Å². The van der Waals surface area contributed by atoms with Crippen LogP contribution in [-0.2, 0) is 21.2 Å². The Bertz CT molecular complexity index is 1120. The van der Waals surface area contributed by atoms with Gasteiger partial charge in [0, 0.05) is 24.2 Å². The van der Waals surface area contributed by atoms with Crippen LogP contribution in [0, 0.1) is 0 Å². The van der Waals surface area contributed by atoms with Crippen LogP contribution < -0.4 is 5.32 Å². The van der Waals surface area contributed by atoms with E-state index in [2.05, 4.69) is 10.5 Å². The number of aromatic nitrogens is 1. The summed E-state index contributed by atoms with van der Waals surface area (Å²) in [5.41, 5.74) is 1.62. The SMILES string of the molecule is O=C(Cc1noc2ccccc12)Nc1cccc(S(=O)(=O)N2CCCCCC2)c1. The van der Waals surface area contributed by atoms with Crippen molar-refractivity contribution in [2.75, 3.05) is 18.4 Å². The lowest BCUT2D eigenvalue weighted by molar-refractivity contribution is -0.115. The molecule has 8 heteroatoms. The van der Waals surface area contributed by atoms with Crippen LogP contribution in [0.2, 0.25) is 0 Å². The normalized spacial score (nSPS) is 15.9. The molecule has 29 heavy (non-hydrogen) atoms. The smallest absolute Gasteiger partial charge is 0.243 e. The molecule has 2 heterocycles. The van der Waals surface area contributed by atoms with Gasteiger partial charge in [0.1, 0.15) is 5.69 Å². The summed E-state index contributed by atoms with van der Waals surface area (Å²) in [5, 5.41) is 7.53. The van der Waals surface area contributed by atoms with Gasteiger partial charge in [0.05, 0.1) is 11.3 Å². The first-order valence-electron chi connectivity index (χ1n) is 9.77. The number of carbonyl (C=O) groups excluding carboxylic acids is 1. The van der Waals surface area contributed by atoms with Crippen molar-refractivity contribution in [3.8, 4) is 0 Å². The summed E-state index contributed by atoms with van der Waals surface area (Å²) in [6, 6.07) is 13.8. The van der Waals surface area contributed by atoms with Gasteiger partial charge in [-0.15, -0.1) is 0 Å². The molecule has 1 aliphatic heterocycles. The summed E-state index contributed by atoms with van der Waals surface area (Å²) < 4.78 is 32.7. The Hall–Kier alpha value is -2.71. The molecule has 0 saturated carbocycles. The van der Waals surface area contributed by atoms with E-state index in [1.807, 2.05) is 18.2 Å². The number of benzene rings is 2. The van der Waals surface area contributed by atoms with Crippen molar-refractivity contribution in [1.82, 2.24) is 9.46 Å². The molecule has 1 aromatic heterocycles. The van der Waals surface area contributed by atoms with E-state index in [0.717, 1.165) is 31.1 Å². The molecular weight excluding hydrogens is 390 g/mol. The topological polar surface area (TPSA) is 92.5 Å². The highest BCUT2D eigenvalue weighted by atomic mass is 32.2. The maximum absolute atomic E-state index is 13.0. The van der Waals surface area contributed by atoms with Crippen molar-refractivity contribution in [1.29, 1.82) is 0 Å². The number of nitrogens with zero attached hydrogens (tertiary/aromatic N) is 2. The first kappa shape index (κ1) is 19.6. The lowest BCUT2D eigenvalue weighted by Crippen LogP contribution is -2.32. The van der Waals surface area contributed by atoms with Crippen molar-refractivity contribution in [3.05, 3.63) is 54.2 Å². The molecule has 1 N–H and O–H groups in total. The molecule has 0 radical (unpaired) electrons. The molecule has 152 valence electrons. The second-order valence-corrected chi connectivity index (χ2v) is 9.13. The number of hydrogen-bond acceptors (Lipinski definition) is 5. The van der Waals surface area contributed by atoms with Crippen LogP contribution in [0.3, 0.4) is 0 Å². The second-order valence-electron chi connectivity index (χ2n) is 7.20. The number of rotatable bonds is 5. The van der Waals surface area contributed by atoms with Crippen LogP contribution in [0.1, 0.15) is 31.4 Å². The Labute approximate surface area is 169 Å². The highest BCUT2D eigenvalue weighted by molar-refractivity contribution is 7.89. The predicted octanol–water partition coefficient (Wildman–Crippen LogP) is 3.57. The van der Waals surface area contributed by atoms with E-state index < -0.39 is 10.0 Å². The average Bonchev–Trinajstić information content (AvgIpc) is 2.92. The summed E-state index contributed by atoms with van der Waals surface area (Å²) >= 11 is 0. The van der Waals surface area contributed by atoms with E-state index in [4.69, 9.17) is 4.52 Å². The van der Waals surface area contributed by atoms with Gasteiger partial charge in [-0.3, -0.25) is 4.79 Å². The third kappa shape index (κ3) is 4.33. The number of amides is 1. The van der Waals surface area contributed by atoms with Crippen LogP contribution in [0.5, 0.6) is 0 Å². The van der Waals surface area contributed by atoms with Crippen LogP contribution in [0.4, 0.5) is 5.69 Å². The van der Waals surface area contributed by atoms with E-state index >= 15 is 0 Å². The van der Waals surface area contributed by atoms with Gasteiger partial charge in [-0.25, -0.2) is 8.42 Å². The molecule has 0 aliphatic carbocycles. The minimum Gasteiger partial charge on any atom is -0.356 e. The van der Waals surface area contributed by atoms with Gasteiger partial charge in [0.2, 0.25) is 15.9 Å². The van der Waals surface area contributed by atoms with Gasteiger partial charge in [-0.2, -0.15) is 4.31 Å².